The Kier molecular flexibility index (Phi) is 4.89. The lowest BCUT2D eigenvalue weighted by atomic mass is 9.92. The third kappa shape index (κ3) is 3.60. The van der Waals surface area contributed by atoms with E-state index in [-0.39, 0.29) is 11.4 Å². The lowest BCUT2D eigenvalue weighted by Gasteiger charge is -2.28. The van der Waals surface area contributed by atoms with Crippen LogP contribution >= 0.6 is 0 Å². The maximum Gasteiger partial charge on any atom is 0.258 e. The van der Waals surface area contributed by atoms with Gasteiger partial charge in [-0.1, -0.05) is 37.8 Å². The van der Waals surface area contributed by atoms with Crippen LogP contribution in [0, 0.1) is 0 Å². The molecule has 0 aromatic carbocycles. The summed E-state index contributed by atoms with van der Waals surface area (Å²) in [4.78, 5) is 4.18. The number of rotatable bonds is 5. The summed E-state index contributed by atoms with van der Waals surface area (Å²) in [5.74, 6) is 0. The summed E-state index contributed by atoms with van der Waals surface area (Å²) in [5.41, 5.74) is 6.99. The predicted molar refractivity (Wildman–Crippen MR) is 91.0 cm³/mol. The first-order valence-electron chi connectivity index (χ1n) is 8.46. The van der Waals surface area contributed by atoms with Crippen molar-refractivity contribution < 1.29 is 12.9 Å². The molecule has 1 saturated carbocycles. The Bertz CT molecular complexity index is 808. The molecule has 2 aromatic heterocycles. The fraction of sp³-hybridized carbons (Fsp3) is 0.625. The van der Waals surface area contributed by atoms with Gasteiger partial charge in [0.25, 0.3) is 5.71 Å². The molecule has 0 spiro atoms. The van der Waals surface area contributed by atoms with Crippen LogP contribution in [0.3, 0.4) is 0 Å². The topological polar surface area (TPSA) is 111 Å². The molecular weight excluding hydrogens is 328 g/mol. The van der Waals surface area contributed by atoms with Gasteiger partial charge in [-0.3, -0.25) is 0 Å². The average molecular weight is 352 g/mol. The zero-order chi connectivity index (χ0) is 17.2. The van der Waals surface area contributed by atoms with E-state index in [9.17, 15) is 8.42 Å². The van der Waals surface area contributed by atoms with Crippen molar-refractivity contribution in [1.29, 1.82) is 0 Å². The van der Waals surface area contributed by atoms with Crippen LogP contribution < -0.4 is 10.5 Å². The van der Waals surface area contributed by atoms with Crippen molar-refractivity contribution >= 4 is 21.1 Å². The Labute approximate surface area is 142 Å². The van der Waals surface area contributed by atoms with Crippen molar-refractivity contribution in [2.24, 2.45) is 5.73 Å². The molecule has 0 unspecified atom stereocenters. The van der Waals surface area contributed by atoms with E-state index in [1.165, 1.54) is 19.0 Å². The van der Waals surface area contributed by atoms with Crippen LogP contribution in [0.4, 0.5) is 0 Å². The first-order chi connectivity index (χ1) is 11.4. The summed E-state index contributed by atoms with van der Waals surface area (Å²) in [7, 11) is -3.67. The summed E-state index contributed by atoms with van der Waals surface area (Å²) in [5, 5.41) is 4.54. The molecule has 0 radical (unpaired) electrons. The van der Waals surface area contributed by atoms with Gasteiger partial charge in [0.05, 0.1) is 17.3 Å². The molecule has 132 valence electrons. The first kappa shape index (κ1) is 17.3. The lowest BCUT2D eigenvalue weighted by molar-refractivity contribution is 0.369. The Morgan fingerprint density at radius 3 is 2.67 bits per heavy atom. The minimum absolute atomic E-state index is 0.116. The lowest BCUT2D eigenvalue weighted by Crippen LogP contribution is -2.49. The molecule has 3 rings (SSSR count). The van der Waals surface area contributed by atoms with Crippen molar-refractivity contribution in [3.05, 3.63) is 18.0 Å². The van der Waals surface area contributed by atoms with Crippen LogP contribution in [-0.4, -0.2) is 30.6 Å². The van der Waals surface area contributed by atoms with Crippen LogP contribution in [0.15, 0.2) is 21.7 Å². The van der Waals surface area contributed by atoms with Gasteiger partial charge in [0, 0.05) is 12.1 Å². The summed E-state index contributed by atoms with van der Waals surface area (Å²) in [6.45, 7) is 2.18. The minimum atomic E-state index is -3.67. The Balaban J connectivity index is 1.79. The smallest absolute Gasteiger partial charge is 0.258 e. The third-order valence-corrected chi connectivity index (χ3v) is 6.11. The average Bonchev–Trinajstić information content (AvgIpc) is 2.86. The van der Waals surface area contributed by atoms with Crippen LogP contribution in [0.1, 0.15) is 51.1 Å². The Morgan fingerprint density at radius 1 is 1.29 bits per heavy atom. The van der Waals surface area contributed by atoms with Crippen LogP contribution in [0.25, 0.3) is 11.1 Å². The van der Waals surface area contributed by atoms with E-state index in [1.807, 2.05) is 6.92 Å². The fourth-order valence-corrected chi connectivity index (χ4v) is 4.30. The van der Waals surface area contributed by atoms with Crippen molar-refractivity contribution in [3.63, 3.8) is 0 Å². The highest BCUT2D eigenvalue weighted by atomic mass is 32.2. The maximum atomic E-state index is 12.6. The standard InChI is InChI=1S/C16H24N4O3S/c1-2-14-13-9-12(10-18-15(13)23-20-14)24(21,22)19-11-16(17)7-5-3-4-6-8-16/h9-10,19H,2-8,11,17H2,1H3. The summed E-state index contributed by atoms with van der Waals surface area (Å²) < 4.78 is 33.0. The van der Waals surface area contributed by atoms with Crippen molar-refractivity contribution in [3.8, 4) is 0 Å². The predicted octanol–water partition coefficient (Wildman–Crippen LogP) is 2.12. The molecule has 2 aromatic rings. The van der Waals surface area contributed by atoms with Crippen LogP contribution in [-0.2, 0) is 16.4 Å². The zero-order valence-corrected chi connectivity index (χ0v) is 14.7. The second-order valence-corrected chi connectivity index (χ2v) is 8.37. The number of aromatic nitrogens is 2. The van der Waals surface area contributed by atoms with Gasteiger partial charge in [0.1, 0.15) is 4.90 Å². The van der Waals surface area contributed by atoms with Crippen molar-refractivity contribution in [2.45, 2.75) is 62.3 Å². The molecule has 2 heterocycles. The number of fused-ring (bicyclic) bond motifs is 1. The number of pyridine rings is 1. The number of aryl methyl sites for hydroxylation is 1. The van der Waals surface area contributed by atoms with Crippen LogP contribution in [0.5, 0.6) is 0 Å². The largest absolute Gasteiger partial charge is 0.336 e. The molecule has 8 heteroatoms. The molecule has 0 atom stereocenters. The third-order valence-electron chi connectivity index (χ3n) is 4.74. The highest BCUT2D eigenvalue weighted by Crippen LogP contribution is 2.25. The van der Waals surface area contributed by atoms with E-state index in [0.717, 1.165) is 25.7 Å². The van der Waals surface area contributed by atoms with Crippen molar-refractivity contribution in [2.75, 3.05) is 6.54 Å². The number of nitrogens with one attached hydrogen (secondary N) is 1. The molecule has 0 bridgehead atoms. The minimum Gasteiger partial charge on any atom is -0.336 e. The normalized spacial score (nSPS) is 18.6. The Morgan fingerprint density at radius 2 is 2.00 bits per heavy atom. The van der Waals surface area contributed by atoms with Gasteiger partial charge < -0.3 is 10.3 Å². The van der Waals surface area contributed by atoms with E-state index in [0.29, 0.717) is 23.2 Å². The molecule has 7 nitrogen and oxygen atoms in total. The molecule has 0 amide bonds. The van der Waals surface area contributed by atoms with Crippen molar-refractivity contribution in [1.82, 2.24) is 14.9 Å². The summed E-state index contributed by atoms with van der Waals surface area (Å²) in [6, 6.07) is 1.57. The highest BCUT2D eigenvalue weighted by molar-refractivity contribution is 7.89. The van der Waals surface area contributed by atoms with Gasteiger partial charge in [-0.25, -0.2) is 18.1 Å². The summed E-state index contributed by atoms with van der Waals surface area (Å²) in [6.07, 6.45) is 8.07. The molecule has 3 N–H and O–H groups in total. The van der Waals surface area contributed by atoms with E-state index >= 15 is 0 Å². The highest BCUT2D eigenvalue weighted by Gasteiger charge is 2.28. The molecule has 1 fully saturated rings. The molecule has 1 aliphatic rings. The van der Waals surface area contributed by atoms with E-state index in [1.54, 1.807) is 6.07 Å². The number of hydrogen-bond donors (Lipinski definition) is 2. The van der Waals surface area contributed by atoms with E-state index in [4.69, 9.17) is 10.3 Å². The monoisotopic (exact) mass is 352 g/mol. The molecule has 1 aliphatic carbocycles. The number of hydrogen-bond acceptors (Lipinski definition) is 6. The first-order valence-corrected chi connectivity index (χ1v) is 9.95. The van der Waals surface area contributed by atoms with Gasteiger partial charge >= 0.3 is 0 Å². The number of sulfonamides is 1. The van der Waals surface area contributed by atoms with Gasteiger partial charge in [-0.05, 0) is 25.3 Å². The molecular formula is C16H24N4O3S. The maximum absolute atomic E-state index is 12.6. The zero-order valence-electron chi connectivity index (χ0n) is 13.9. The second kappa shape index (κ2) is 6.78. The summed E-state index contributed by atoms with van der Waals surface area (Å²) >= 11 is 0. The molecule has 24 heavy (non-hydrogen) atoms. The van der Waals surface area contributed by atoms with Gasteiger partial charge in [0.15, 0.2) is 0 Å². The molecule has 0 aliphatic heterocycles. The van der Waals surface area contributed by atoms with E-state index < -0.39 is 15.6 Å². The Hall–Kier alpha value is -1.51. The van der Waals surface area contributed by atoms with Crippen LogP contribution in [0.2, 0.25) is 0 Å². The van der Waals surface area contributed by atoms with Gasteiger partial charge in [-0.2, -0.15) is 0 Å². The van der Waals surface area contributed by atoms with Gasteiger partial charge in [0.2, 0.25) is 10.0 Å². The second-order valence-electron chi connectivity index (χ2n) is 6.61. The quantitative estimate of drug-likeness (QED) is 0.797. The molecule has 0 saturated heterocycles. The number of nitrogens with two attached hydrogens (primary N) is 1. The van der Waals surface area contributed by atoms with E-state index in [2.05, 4.69) is 14.9 Å². The SMILES string of the molecule is CCc1noc2ncc(S(=O)(=O)NCC3(N)CCCCCC3)cc12. The van der Waals surface area contributed by atoms with Gasteiger partial charge in [-0.15, -0.1) is 0 Å². The number of nitrogens with zero attached hydrogens (tertiary/aromatic N) is 2. The fourth-order valence-electron chi connectivity index (χ4n) is 3.19.